The summed E-state index contributed by atoms with van der Waals surface area (Å²) in [6, 6.07) is 9.84. The van der Waals surface area contributed by atoms with Gasteiger partial charge in [-0.1, -0.05) is 44.2 Å². The maximum absolute atomic E-state index is 9.85. The van der Waals surface area contributed by atoms with Crippen LogP contribution in [0.4, 0.5) is 0 Å². The molecule has 96 valence electrons. The predicted molar refractivity (Wildman–Crippen MR) is 69.4 cm³/mol. The maximum atomic E-state index is 9.85. The Balaban J connectivity index is 2.23. The molecule has 0 aromatic heterocycles. The highest BCUT2D eigenvalue weighted by molar-refractivity contribution is 5.17. The molecule has 2 atom stereocenters. The number of aliphatic hydroxyl groups is 1. The Labute approximate surface area is 104 Å². The zero-order valence-corrected chi connectivity index (χ0v) is 10.9. The molecule has 0 bridgehead atoms. The molecule has 0 aliphatic carbocycles. The number of hydrogen-bond donors (Lipinski definition) is 2. The second kappa shape index (κ2) is 7.43. The Morgan fingerprint density at radius 1 is 1.18 bits per heavy atom. The van der Waals surface area contributed by atoms with Crippen molar-refractivity contribution in [3.63, 3.8) is 0 Å². The normalized spacial score (nSPS) is 14.9. The van der Waals surface area contributed by atoms with E-state index in [-0.39, 0.29) is 6.61 Å². The van der Waals surface area contributed by atoms with Gasteiger partial charge in [0, 0.05) is 6.04 Å². The van der Waals surface area contributed by atoms with Crippen molar-refractivity contribution in [2.24, 2.45) is 5.92 Å². The Morgan fingerprint density at radius 2 is 1.82 bits per heavy atom. The third-order valence-corrected chi connectivity index (χ3v) is 2.54. The van der Waals surface area contributed by atoms with Crippen LogP contribution >= 0.6 is 0 Å². The summed E-state index contributed by atoms with van der Waals surface area (Å²) in [6.07, 6.45) is 0.483. The molecule has 0 spiro atoms. The van der Waals surface area contributed by atoms with E-state index in [2.05, 4.69) is 26.3 Å². The van der Waals surface area contributed by atoms with Gasteiger partial charge in [-0.25, -0.2) is 0 Å². The summed E-state index contributed by atoms with van der Waals surface area (Å²) >= 11 is 0. The topological polar surface area (TPSA) is 41.5 Å². The van der Waals surface area contributed by atoms with Crippen LogP contribution in [-0.4, -0.2) is 17.8 Å². The molecule has 0 unspecified atom stereocenters. The van der Waals surface area contributed by atoms with Crippen molar-refractivity contribution in [2.75, 3.05) is 6.61 Å². The van der Waals surface area contributed by atoms with E-state index in [4.69, 9.17) is 4.84 Å². The number of nitrogens with one attached hydrogen (secondary N) is 1. The zero-order chi connectivity index (χ0) is 12.7. The van der Waals surface area contributed by atoms with Gasteiger partial charge in [-0.05, 0) is 24.8 Å². The molecule has 0 aliphatic rings. The molecule has 1 aromatic carbocycles. The van der Waals surface area contributed by atoms with Gasteiger partial charge in [0.05, 0.1) is 6.61 Å². The minimum atomic E-state index is -0.574. The molecular weight excluding hydrogens is 214 g/mol. The predicted octanol–water partition coefficient (Wildman–Crippen LogP) is 2.68. The highest BCUT2D eigenvalue weighted by atomic mass is 16.6. The molecule has 3 heteroatoms. The number of hydrogen-bond acceptors (Lipinski definition) is 3. The van der Waals surface area contributed by atoms with E-state index in [9.17, 15) is 5.11 Å². The Bertz CT molecular complexity index is 300. The summed E-state index contributed by atoms with van der Waals surface area (Å²) in [7, 11) is 0. The average Bonchev–Trinajstić information content (AvgIpc) is 2.29. The van der Waals surface area contributed by atoms with Gasteiger partial charge in [0.25, 0.3) is 0 Å². The van der Waals surface area contributed by atoms with E-state index in [0.717, 1.165) is 12.0 Å². The van der Waals surface area contributed by atoms with Crippen LogP contribution in [0.3, 0.4) is 0 Å². The Hall–Kier alpha value is -0.900. The van der Waals surface area contributed by atoms with Gasteiger partial charge in [-0.2, -0.15) is 5.48 Å². The van der Waals surface area contributed by atoms with Crippen LogP contribution in [-0.2, 0) is 4.84 Å². The fourth-order valence-corrected chi connectivity index (χ4v) is 1.80. The lowest BCUT2D eigenvalue weighted by Crippen LogP contribution is -2.29. The van der Waals surface area contributed by atoms with Gasteiger partial charge in [0.1, 0.15) is 6.10 Å². The van der Waals surface area contributed by atoms with Gasteiger partial charge in [0.2, 0.25) is 0 Å². The first-order chi connectivity index (χ1) is 8.09. The average molecular weight is 237 g/mol. The molecule has 3 nitrogen and oxygen atoms in total. The van der Waals surface area contributed by atoms with Crippen molar-refractivity contribution in [1.29, 1.82) is 0 Å². The van der Waals surface area contributed by atoms with Crippen molar-refractivity contribution in [2.45, 2.75) is 39.3 Å². The Kier molecular flexibility index (Phi) is 6.19. The van der Waals surface area contributed by atoms with Gasteiger partial charge in [0.15, 0.2) is 0 Å². The molecule has 0 aliphatic heterocycles. The lowest BCUT2D eigenvalue weighted by atomic mass is 10.1. The summed E-state index contributed by atoms with van der Waals surface area (Å²) in [4.78, 5) is 5.31. The highest BCUT2D eigenvalue weighted by Gasteiger charge is 2.09. The van der Waals surface area contributed by atoms with Crippen molar-refractivity contribution in [1.82, 2.24) is 5.48 Å². The first-order valence-corrected chi connectivity index (χ1v) is 6.20. The van der Waals surface area contributed by atoms with Gasteiger partial charge >= 0.3 is 0 Å². The van der Waals surface area contributed by atoms with Crippen LogP contribution in [0.2, 0.25) is 0 Å². The molecule has 0 radical (unpaired) electrons. The van der Waals surface area contributed by atoms with Crippen LogP contribution in [0.25, 0.3) is 0 Å². The second-order valence-electron chi connectivity index (χ2n) is 4.89. The smallest absolute Gasteiger partial charge is 0.104 e. The van der Waals surface area contributed by atoms with Gasteiger partial charge in [-0.3, -0.25) is 4.84 Å². The van der Waals surface area contributed by atoms with Crippen LogP contribution in [0, 0.1) is 5.92 Å². The molecule has 2 N–H and O–H groups in total. The molecular formula is C14H23NO2. The standard InChI is InChI=1S/C14H23NO2/c1-11(2)9-12(3)15-17-10-14(16)13-7-5-4-6-8-13/h4-8,11-12,14-16H,9-10H2,1-3H3/t12-,14-/m0/s1. The molecule has 0 amide bonds. The molecule has 0 saturated carbocycles. The quantitative estimate of drug-likeness (QED) is 0.716. The molecule has 0 saturated heterocycles. The lowest BCUT2D eigenvalue weighted by Gasteiger charge is -2.17. The maximum Gasteiger partial charge on any atom is 0.104 e. The first-order valence-electron chi connectivity index (χ1n) is 6.20. The van der Waals surface area contributed by atoms with Crippen molar-refractivity contribution in [3.8, 4) is 0 Å². The van der Waals surface area contributed by atoms with Crippen molar-refractivity contribution >= 4 is 0 Å². The van der Waals surface area contributed by atoms with Gasteiger partial charge in [-0.15, -0.1) is 0 Å². The number of hydroxylamine groups is 1. The van der Waals surface area contributed by atoms with E-state index in [1.165, 1.54) is 0 Å². The van der Waals surface area contributed by atoms with E-state index < -0.39 is 6.10 Å². The second-order valence-corrected chi connectivity index (χ2v) is 4.89. The van der Waals surface area contributed by atoms with E-state index in [1.807, 2.05) is 30.3 Å². The molecule has 17 heavy (non-hydrogen) atoms. The van der Waals surface area contributed by atoms with Crippen LogP contribution in [0.5, 0.6) is 0 Å². The van der Waals surface area contributed by atoms with Crippen LogP contribution < -0.4 is 5.48 Å². The monoisotopic (exact) mass is 237 g/mol. The zero-order valence-electron chi connectivity index (χ0n) is 10.9. The SMILES string of the molecule is CC(C)C[C@H](C)NOC[C@H](O)c1ccccc1. The summed E-state index contributed by atoms with van der Waals surface area (Å²) < 4.78 is 0. The third kappa shape index (κ3) is 5.82. The van der Waals surface area contributed by atoms with E-state index in [1.54, 1.807) is 0 Å². The summed E-state index contributed by atoms with van der Waals surface area (Å²) in [5.74, 6) is 0.639. The molecule has 0 fully saturated rings. The fraction of sp³-hybridized carbons (Fsp3) is 0.571. The molecule has 1 aromatic rings. The molecule has 1 rings (SSSR count). The third-order valence-electron chi connectivity index (χ3n) is 2.54. The number of aliphatic hydroxyl groups excluding tert-OH is 1. The van der Waals surface area contributed by atoms with Gasteiger partial charge < -0.3 is 5.11 Å². The molecule has 0 heterocycles. The van der Waals surface area contributed by atoms with Crippen LogP contribution in [0.1, 0.15) is 38.9 Å². The largest absolute Gasteiger partial charge is 0.386 e. The summed E-state index contributed by atoms with van der Waals surface area (Å²) in [5.41, 5.74) is 3.83. The van der Waals surface area contributed by atoms with Crippen molar-refractivity contribution < 1.29 is 9.94 Å². The summed E-state index contributed by atoms with van der Waals surface area (Å²) in [6.45, 7) is 6.70. The number of benzene rings is 1. The van der Waals surface area contributed by atoms with E-state index in [0.29, 0.717) is 12.0 Å². The minimum Gasteiger partial charge on any atom is -0.386 e. The van der Waals surface area contributed by atoms with Crippen LogP contribution in [0.15, 0.2) is 30.3 Å². The summed E-state index contributed by atoms with van der Waals surface area (Å²) in [5, 5.41) is 9.85. The first kappa shape index (κ1) is 14.2. The number of rotatable bonds is 7. The van der Waals surface area contributed by atoms with Crippen molar-refractivity contribution in [3.05, 3.63) is 35.9 Å². The Morgan fingerprint density at radius 3 is 2.41 bits per heavy atom. The van der Waals surface area contributed by atoms with E-state index >= 15 is 0 Å². The lowest BCUT2D eigenvalue weighted by molar-refractivity contribution is -0.0359. The fourth-order valence-electron chi connectivity index (χ4n) is 1.80. The minimum absolute atomic E-state index is 0.270. The highest BCUT2D eigenvalue weighted by Crippen LogP contribution is 2.12.